The molecule has 8 heteroatoms. The molecule has 0 saturated heterocycles. The number of nitrogens with one attached hydrogen (secondary N) is 1. The molecule has 130 valence electrons. The smallest absolute Gasteiger partial charge is 0.396 e. The van der Waals surface area contributed by atoms with Crippen molar-refractivity contribution in [3.05, 3.63) is 29.3 Å². The largest absolute Gasteiger partial charge is 0.416 e. The monoisotopic (exact) mass is 334 g/mol. The van der Waals surface area contributed by atoms with Gasteiger partial charge in [-0.25, -0.2) is 4.79 Å². The number of carbonyl (C=O) groups is 1. The molecule has 5 nitrogen and oxygen atoms in total. The Hall–Kier alpha value is -1.80. The maximum absolute atomic E-state index is 12.7. The molecule has 3 N–H and O–H groups in total. The second kappa shape index (κ2) is 7.18. The average Bonchev–Trinajstić information content (AvgIpc) is 2.47. The Bertz CT molecular complexity index is 557. The predicted molar refractivity (Wildman–Crippen MR) is 80.1 cm³/mol. The van der Waals surface area contributed by atoms with Gasteiger partial charge in [0.25, 0.3) is 0 Å². The molecule has 0 aliphatic rings. The summed E-state index contributed by atoms with van der Waals surface area (Å²) in [6, 6.07) is 2.48. The molecule has 1 aromatic rings. The van der Waals surface area contributed by atoms with Gasteiger partial charge in [0.1, 0.15) is 0 Å². The number of aliphatic hydroxyl groups excluding tert-OH is 2. The van der Waals surface area contributed by atoms with Crippen molar-refractivity contribution in [2.75, 3.05) is 32.1 Å². The maximum atomic E-state index is 12.7. The van der Waals surface area contributed by atoms with E-state index in [-0.39, 0.29) is 25.4 Å². The molecule has 0 heterocycles. The van der Waals surface area contributed by atoms with E-state index in [1.54, 1.807) is 13.8 Å². The Morgan fingerprint density at radius 1 is 1.26 bits per heavy atom. The van der Waals surface area contributed by atoms with Crippen LogP contribution in [0.4, 0.5) is 23.7 Å². The molecule has 0 fully saturated rings. The van der Waals surface area contributed by atoms with E-state index in [2.05, 4.69) is 5.32 Å². The third-order valence-electron chi connectivity index (χ3n) is 3.54. The average molecular weight is 334 g/mol. The van der Waals surface area contributed by atoms with Gasteiger partial charge in [-0.05, 0) is 24.6 Å². The summed E-state index contributed by atoms with van der Waals surface area (Å²) in [6.45, 7) is 2.56. The Labute approximate surface area is 132 Å². The van der Waals surface area contributed by atoms with Crippen LogP contribution in [0.15, 0.2) is 18.2 Å². The van der Waals surface area contributed by atoms with Gasteiger partial charge in [-0.3, -0.25) is 0 Å². The van der Waals surface area contributed by atoms with Crippen LogP contribution in [0.3, 0.4) is 0 Å². The first-order valence-electron chi connectivity index (χ1n) is 6.94. The first-order valence-corrected chi connectivity index (χ1v) is 6.94. The normalized spacial score (nSPS) is 12.2. The number of urea groups is 1. The van der Waals surface area contributed by atoms with Crippen LogP contribution in [0.1, 0.15) is 18.1 Å². The van der Waals surface area contributed by atoms with E-state index in [0.717, 1.165) is 12.1 Å². The fourth-order valence-electron chi connectivity index (χ4n) is 1.94. The fraction of sp³-hybridized carbons (Fsp3) is 0.533. The minimum atomic E-state index is -4.49. The van der Waals surface area contributed by atoms with Crippen LogP contribution < -0.4 is 5.32 Å². The zero-order valence-electron chi connectivity index (χ0n) is 13.2. The molecular weight excluding hydrogens is 313 g/mol. The number of aliphatic hydroxyl groups is 2. The molecule has 0 bridgehead atoms. The van der Waals surface area contributed by atoms with Crippen molar-refractivity contribution in [3.63, 3.8) is 0 Å². The predicted octanol–water partition coefficient (Wildman–Crippen LogP) is 2.47. The van der Waals surface area contributed by atoms with Crippen molar-refractivity contribution in [2.45, 2.75) is 20.0 Å². The number of halogens is 3. The highest BCUT2D eigenvalue weighted by Crippen LogP contribution is 2.32. The fourth-order valence-corrected chi connectivity index (χ4v) is 1.94. The summed E-state index contributed by atoms with van der Waals surface area (Å²) in [5.74, 6) is 0. The lowest BCUT2D eigenvalue weighted by molar-refractivity contribution is -0.137. The van der Waals surface area contributed by atoms with Crippen molar-refractivity contribution in [2.24, 2.45) is 5.41 Å². The van der Waals surface area contributed by atoms with Gasteiger partial charge >= 0.3 is 12.2 Å². The molecule has 0 aliphatic carbocycles. The number of amides is 2. The van der Waals surface area contributed by atoms with Gasteiger partial charge in [0.2, 0.25) is 0 Å². The van der Waals surface area contributed by atoms with Gasteiger partial charge in [0, 0.05) is 24.7 Å². The molecule has 0 aliphatic heterocycles. The number of nitrogens with zero attached hydrogens (tertiary/aromatic N) is 1. The second-order valence-electron chi connectivity index (χ2n) is 5.94. The van der Waals surface area contributed by atoms with E-state index in [1.165, 1.54) is 18.0 Å². The van der Waals surface area contributed by atoms with Gasteiger partial charge < -0.3 is 20.4 Å². The number of alkyl halides is 3. The molecule has 0 aromatic heterocycles. The summed E-state index contributed by atoms with van der Waals surface area (Å²) in [4.78, 5) is 13.3. The van der Waals surface area contributed by atoms with Gasteiger partial charge in [-0.2, -0.15) is 13.2 Å². The number of benzene rings is 1. The molecule has 23 heavy (non-hydrogen) atoms. The molecule has 0 spiro atoms. The topological polar surface area (TPSA) is 72.8 Å². The lowest BCUT2D eigenvalue weighted by Gasteiger charge is -2.30. The number of carbonyl (C=O) groups excluding carboxylic acids is 1. The van der Waals surface area contributed by atoms with Crippen molar-refractivity contribution in [1.82, 2.24) is 4.90 Å². The first kappa shape index (κ1) is 19.2. The van der Waals surface area contributed by atoms with Crippen LogP contribution in [0.5, 0.6) is 0 Å². The molecular formula is C15H21F3N2O3. The Morgan fingerprint density at radius 3 is 2.30 bits per heavy atom. The van der Waals surface area contributed by atoms with Crippen LogP contribution >= 0.6 is 0 Å². The highest BCUT2D eigenvalue weighted by Gasteiger charge is 2.31. The standard InChI is InChI=1S/C15H21F3N2O3/c1-10-4-5-11(15(16,17)18)6-12(10)19-13(23)20(3)7-14(2,8-21)9-22/h4-6,21-22H,7-9H2,1-3H3,(H,19,23). The molecule has 2 amide bonds. The zero-order chi connectivity index (χ0) is 17.8. The lowest BCUT2D eigenvalue weighted by Crippen LogP contribution is -2.43. The number of hydrogen-bond donors (Lipinski definition) is 3. The van der Waals surface area contributed by atoms with Gasteiger partial charge in [-0.1, -0.05) is 13.0 Å². The third kappa shape index (κ3) is 5.11. The summed E-state index contributed by atoms with van der Waals surface area (Å²) >= 11 is 0. The summed E-state index contributed by atoms with van der Waals surface area (Å²) < 4.78 is 38.2. The highest BCUT2D eigenvalue weighted by molar-refractivity contribution is 5.90. The minimum Gasteiger partial charge on any atom is -0.396 e. The van der Waals surface area contributed by atoms with Gasteiger partial charge in [-0.15, -0.1) is 0 Å². The van der Waals surface area contributed by atoms with E-state index in [1.807, 2.05) is 0 Å². The maximum Gasteiger partial charge on any atom is 0.416 e. The molecule has 1 rings (SSSR count). The highest BCUT2D eigenvalue weighted by atomic mass is 19.4. The first-order chi connectivity index (χ1) is 10.5. The van der Waals surface area contributed by atoms with E-state index >= 15 is 0 Å². The molecule has 0 unspecified atom stereocenters. The van der Waals surface area contributed by atoms with Crippen molar-refractivity contribution >= 4 is 11.7 Å². The number of rotatable bonds is 5. The summed E-state index contributed by atoms with van der Waals surface area (Å²) in [6.07, 6.45) is -4.49. The third-order valence-corrected chi connectivity index (χ3v) is 3.54. The van der Waals surface area contributed by atoms with E-state index in [0.29, 0.717) is 5.56 Å². The summed E-state index contributed by atoms with van der Waals surface area (Å²) in [5, 5.41) is 20.9. The molecule has 1 aromatic carbocycles. The van der Waals surface area contributed by atoms with Crippen LogP contribution in [-0.2, 0) is 6.18 Å². The van der Waals surface area contributed by atoms with E-state index in [9.17, 15) is 28.2 Å². The molecule has 0 atom stereocenters. The van der Waals surface area contributed by atoms with E-state index < -0.39 is 23.2 Å². The van der Waals surface area contributed by atoms with Gasteiger partial charge in [0.05, 0.1) is 18.8 Å². The van der Waals surface area contributed by atoms with Crippen molar-refractivity contribution < 1.29 is 28.2 Å². The lowest BCUT2D eigenvalue weighted by atomic mass is 9.92. The number of hydrogen-bond acceptors (Lipinski definition) is 3. The minimum absolute atomic E-state index is 0.0455. The molecule has 0 radical (unpaired) electrons. The van der Waals surface area contributed by atoms with E-state index in [4.69, 9.17) is 0 Å². The van der Waals surface area contributed by atoms with Crippen molar-refractivity contribution in [1.29, 1.82) is 0 Å². The summed E-state index contributed by atoms with van der Waals surface area (Å²) in [5.41, 5.74) is -1.19. The van der Waals surface area contributed by atoms with Gasteiger partial charge in [0.15, 0.2) is 0 Å². The number of anilines is 1. The van der Waals surface area contributed by atoms with Crippen LogP contribution in [0.2, 0.25) is 0 Å². The Kier molecular flexibility index (Phi) is 6.01. The molecule has 0 saturated carbocycles. The SMILES string of the molecule is Cc1ccc(C(F)(F)F)cc1NC(=O)N(C)CC(C)(CO)CO. The zero-order valence-corrected chi connectivity index (χ0v) is 13.2. The quantitative estimate of drug-likeness (QED) is 0.774. The Balaban J connectivity index is 2.89. The Morgan fingerprint density at radius 2 is 1.83 bits per heavy atom. The van der Waals surface area contributed by atoms with Crippen molar-refractivity contribution in [3.8, 4) is 0 Å². The van der Waals surface area contributed by atoms with Crippen LogP contribution in [-0.4, -0.2) is 48.0 Å². The second-order valence-corrected chi connectivity index (χ2v) is 5.94. The number of aryl methyl sites for hydroxylation is 1. The van der Waals surface area contributed by atoms with Crippen LogP contribution in [0, 0.1) is 12.3 Å². The summed E-state index contributed by atoms with van der Waals surface area (Å²) in [7, 11) is 1.43. The van der Waals surface area contributed by atoms with Crippen LogP contribution in [0.25, 0.3) is 0 Å².